The third-order valence-corrected chi connectivity index (χ3v) is 5.14. The van der Waals surface area contributed by atoms with Crippen molar-refractivity contribution in [2.24, 2.45) is 0 Å². The molecule has 1 fully saturated rings. The molecule has 4 N–H and O–H groups in total. The van der Waals surface area contributed by atoms with Gasteiger partial charge in [0, 0.05) is 43.4 Å². The smallest absolute Gasteiger partial charge is 0.275 e. The third-order valence-electron chi connectivity index (χ3n) is 5.14. The Morgan fingerprint density at radius 1 is 1.06 bits per heavy atom. The maximum absolute atomic E-state index is 12.7. The highest BCUT2D eigenvalue weighted by molar-refractivity contribution is 6.08. The van der Waals surface area contributed by atoms with Crippen molar-refractivity contribution >= 4 is 17.7 Å². The fourth-order valence-corrected chi connectivity index (χ4v) is 3.14. The molecule has 8 nitrogen and oxygen atoms in total. The molecule has 0 bridgehead atoms. The maximum atomic E-state index is 12.7. The summed E-state index contributed by atoms with van der Waals surface area (Å²) in [6, 6.07) is 13.8. The molecule has 2 aromatic carbocycles. The quantitative estimate of drug-likeness (QED) is 0.225. The van der Waals surface area contributed by atoms with E-state index in [1.165, 1.54) is 38.0 Å². The zero-order valence-electron chi connectivity index (χ0n) is 18.0. The van der Waals surface area contributed by atoms with E-state index in [9.17, 15) is 14.4 Å². The Kier molecular flexibility index (Phi) is 7.60. The predicted molar refractivity (Wildman–Crippen MR) is 119 cm³/mol. The number of rotatable bonds is 7. The van der Waals surface area contributed by atoms with Gasteiger partial charge in [0.1, 0.15) is 0 Å². The first-order valence-corrected chi connectivity index (χ1v) is 10.3. The van der Waals surface area contributed by atoms with Gasteiger partial charge in [-0.25, -0.2) is 5.48 Å². The summed E-state index contributed by atoms with van der Waals surface area (Å²) in [5.41, 5.74) is 4.51. The van der Waals surface area contributed by atoms with E-state index in [1.807, 2.05) is 12.1 Å². The zero-order valence-corrected chi connectivity index (χ0v) is 18.0. The summed E-state index contributed by atoms with van der Waals surface area (Å²) in [4.78, 5) is 37.5. The number of benzene rings is 2. The number of nitrogens with zero attached hydrogens (tertiary/aromatic N) is 1. The Balaban J connectivity index is 1.68. The minimum Gasteiger partial charge on any atom is -0.357 e. The number of nitrogens with one attached hydrogen (secondary N) is 3. The Labute approximate surface area is 187 Å². The molecule has 2 aromatic rings. The Hall–Kier alpha value is -3.67. The zero-order chi connectivity index (χ0) is 23.1. The lowest BCUT2D eigenvalue weighted by Crippen LogP contribution is -2.54. The molecule has 3 amide bonds. The van der Waals surface area contributed by atoms with Gasteiger partial charge in [-0.15, -0.1) is 0 Å². The number of carbonyl (C=O) groups is 3. The van der Waals surface area contributed by atoms with Crippen molar-refractivity contribution in [3.05, 3.63) is 70.8 Å². The summed E-state index contributed by atoms with van der Waals surface area (Å²) in [5.74, 6) is 3.95. The Bertz CT molecular complexity index is 1040. The topological polar surface area (TPSA) is 111 Å². The molecule has 0 aliphatic heterocycles. The highest BCUT2D eigenvalue weighted by atomic mass is 16.5. The first-order chi connectivity index (χ1) is 15.4. The largest absolute Gasteiger partial charge is 0.357 e. The lowest BCUT2D eigenvalue weighted by molar-refractivity contribution is -0.140. The molecule has 8 heteroatoms. The first kappa shape index (κ1) is 23.0. The average Bonchev–Trinajstić information content (AvgIpc) is 3.66. The summed E-state index contributed by atoms with van der Waals surface area (Å²) in [6.45, 7) is 0.829. The number of hydrogen-bond donors (Lipinski definition) is 4. The Morgan fingerprint density at radius 2 is 1.75 bits per heavy atom. The van der Waals surface area contributed by atoms with Crippen LogP contribution in [0.4, 0.5) is 0 Å². The van der Waals surface area contributed by atoms with Crippen LogP contribution in [0, 0.1) is 11.8 Å². The van der Waals surface area contributed by atoms with Gasteiger partial charge in [-0.3, -0.25) is 19.6 Å². The second kappa shape index (κ2) is 10.6. The molecule has 0 saturated heterocycles. The molecule has 1 atom stereocenters. The highest BCUT2D eigenvalue weighted by Gasteiger charge is 2.33. The van der Waals surface area contributed by atoms with Crippen LogP contribution < -0.4 is 16.1 Å². The number of hydrogen-bond acceptors (Lipinski definition) is 5. The van der Waals surface area contributed by atoms with Crippen LogP contribution in [0.1, 0.15) is 39.9 Å². The average molecular weight is 434 g/mol. The van der Waals surface area contributed by atoms with Crippen LogP contribution in [0.5, 0.6) is 0 Å². The Morgan fingerprint density at radius 3 is 2.38 bits per heavy atom. The summed E-state index contributed by atoms with van der Waals surface area (Å²) in [5, 5.41) is 14.7. The van der Waals surface area contributed by atoms with E-state index < -0.39 is 23.8 Å². The summed E-state index contributed by atoms with van der Waals surface area (Å²) >= 11 is 0. The number of likely N-dealkylation sites (N-methyl/N-ethyl adjacent to an activating group) is 2. The van der Waals surface area contributed by atoms with Crippen LogP contribution in [0.15, 0.2) is 48.5 Å². The second-order valence-electron chi connectivity index (χ2n) is 7.59. The molecule has 0 spiro atoms. The number of carbonyl (C=O) groups excluding carboxylic acids is 3. The maximum Gasteiger partial charge on any atom is 0.275 e. The predicted octanol–water partition coefficient (Wildman–Crippen LogP) is 1.03. The lowest BCUT2D eigenvalue weighted by Gasteiger charge is -2.25. The minimum atomic E-state index is -1.50. The SMILES string of the molecule is CNC(=O)C(C(=O)NO)N(C)C(=O)c1ccc(C#Cc2cccc(CNC3CC3)c2)cc1. The van der Waals surface area contributed by atoms with Crippen LogP contribution >= 0.6 is 0 Å². The van der Waals surface area contributed by atoms with E-state index in [0.717, 1.165) is 22.6 Å². The molecule has 0 radical (unpaired) electrons. The van der Waals surface area contributed by atoms with Gasteiger partial charge in [0.2, 0.25) is 0 Å². The van der Waals surface area contributed by atoms with Crippen molar-refractivity contribution in [3.63, 3.8) is 0 Å². The number of hydroxylamine groups is 1. The summed E-state index contributed by atoms with van der Waals surface area (Å²) < 4.78 is 0. The van der Waals surface area contributed by atoms with Gasteiger partial charge in [-0.2, -0.15) is 0 Å². The lowest BCUT2D eigenvalue weighted by atomic mass is 10.1. The van der Waals surface area contributed by atoms with E-state index in [4.69, 9.17) is 5.21 Å². The van der Waals surface area contributed by atoms with Crippen molar-refractivity contribution in [2.45, 2.75) is 31.5 Å². The first-order valence-electron chi connectivity index (χ1n) is 10.3. The second-order valence-corrected chi connectivity index (χ2v) is 7.59. The van der Waals surface area contributed by atoms with Crippen LogP contribution in [-0.2, 0) is 16.1 Å². The van der Waals surface area contributed by atoms with Gasteiger partial charge < -0.3 is 15.5 Å². The summed E-state index contributed by atoms with van der Waals surface area (Å²) in [6.07, 6.45) is 2.49. The third kappa shape index (κ3) is 5.94. The fraction of sp³-hybridized carbons (Fsp3) is 0.292. The van der Waals surface area contributed by atoms with Crippen molar-refractivity contribution in [1.29, 1.82) is 0 Å². The normalized spacial score (nSPS) is 13.3. The van der Waals surface area contributed by atoms with E-state index in [0.29, 0.717) is 6.04 Å². The van der Waals surface area contributed by atoms with Crippen LogP contribution in [0.3, 0.4) is 0 Å². The molecular weight excluding hydrogens is 408 g/mol. The van der Waals surface area contributed by atoms with Gasteiger partial charge in [0.25, 0.3) is 17.7 Å². The van der Waals surface area contributed by atoms with E-state index in [1.54, 1.807) is 24.3 Å². The van der Waals surface area contributed by atoms with Gasteiger partial charge in [-0.05, 0) is 54.8 Å². The fourth-order valence-electron chi connectivity index (χ4n) is 3.14. The van der Waals surface area contributed by atoms with E-state index in [-0.39, 0.29) is 5.56 Å². The molecular formula is C24H26N4O4. The van der Waals surface area contributed by atoms with Crippen molar-refractivity contribution in [2.75, 3.05) is 14.1 Å². The monoisotopic (exact) mass is 434 g/mol. The molecule has 166 valence electrons. The molecule has 0 heterocycles. The molecule has 1 aliphatic rings. The molecule has 32 heavy (non-hydrogen) atoms. The van der Waals surface area contributed by atoms with Crippen LogP contribution in [-0.4, -0.2) is 54.0 Å². The highest BCUT2D eigenvalue weighted by Crippen LogP contribution is 2.19. The molecule has 1 unspecified atom stereocenters. The minimum absolute atomic E-state index is 0.283. The number of amides is 3. The van der Waals surface area contributed by atoms with E-state index in [2.05, 4.69) is 34.6 Å². The van der Waals surface area contributed by atoms with Gasteiger partial charge in [-0.1, -0.05) is 24.0 Å². The molecule has 1 saturated carbocycles. The van der Waals surface area contributed by atoms with Gasteiger partial charge >= 0.3 is 0 Å². The van der Waals surface area contributed by atoms with Gasteiger partial charge in [0.15, 0.2) is 6.04 Å². The standard InChI is InChI=1S/C24H26N4O4/c1-25-22(29)21(23(30)27-32)28(2)24(31)19-10-8-16(9-11-19)6-7-17-4-3-5-18(14-17)15-26-20-12-13-20/h3-5,8-11,14,20-21,26,32H,12-13,15H2,1-2H3,(H,25,29)(H,27,30). The molecule has 0 aromatic heterocycles. The van der Waals surface area contributed by atoms with Crippen molar-refractivity contribution in [3.8, 4) is 11.8 Å². The molecule has 3 rings (SSSR count). The van der Waals surface area contributed by atoms with E-state index >= 15 is 0 Å². The van der Waals surface area contributed by atoms with Crippen LogP contribution in [0.25, 0.3) is 0 Å². The van der Waals surface area contributed by atoms with Crippen LogP contribution in [0.2, 0.25) is 0 Å². The van der Waals surface area contributed by atoms with Gasteiger partial charge in [0.05, 0.1) is 0 Å². The molecule has 1 aliphatic carbocycles. The summed E-state index contributed by atoms with van der Waals surface area (Å²) in [7, 11) is 2.65. The van der Waals surface area contributed by atoms with Crippen molar-refractivity contribution in [1.82, 2.24) is 21.0 Å². The van der Waals surface area contributed by atoms with Crippen molar-refractivity contribution < 1.29 is 19.6 Å².